The minimum atomic E-state index is -0.492. The Morgan fingerprint density at radius 3 is 2.97 bits per heavy atom. The van der Waals surface area contributed by atoms with Crippen molar-refractivity contribution < 1.29 is 14.3 Å². The van der Waals surface area contributed by atoms with E-state index in [1.807, 2.05) is 12.1 Å². The lowest BCUT2D eigenvalue weighted by atomic mass is 10.1. The summed E-state index contributed by atoms with van der Waals surface area (Å²) in [6.07, 6.45) is 5.00. The molecule has 2 aromatic heterocycles. The highest BCUT2D eigenvalue weighted by atomic mass is 35.5. The third kappa shape index (κ3) is 2.97. The molecule has 0 radical (unpaired) electrons. The lowest BCUT2D eigenvalue weighted by Gasteiger charge is -2.32. The van der Waals surface area contributed by atoms with Crippen LogP contribution < -0.4 is 15.0 Å². The molecule has 10 heteroatoms. The first-order valence-corrected chi connectivity index (χ1v) is 10.7. The zero-order valence-corrected chi connectivity index (χ0v) is 17.3. The first kappa shape index (κ1) is 18.4. The van der Waals surface area contributed by atoms with E-state index in [4.69, 9.17) is 16.3 Å². The highest BCUT2D eigenvalue weighted by Crippen LogP contribution is 2.45. The maximum Gasteiger partial charge on any atom is 0.329 e. The molecule has 1 saturated heterocycles. The number of fused-ring (bicyclic) bond motifs is 2. The van der Waals surface area contributed by atoms with Gasteiger partial charge in [0.1, 0.15) is 16.5 Å². The van der Waals surface area contributed by atoms with Crippen LogP contribution in [0.3, 0.4) is 0 Å². The lowest BCUT2D eigenvalue weighted by molar-refractivity contribution is -0.118. The number of halogens is 1. The Bertz CT molecular complexity index is 1200. The van der Waals surface area contributed by atoms with E-state index in [0.717, 1.165) is 20.1 Å². The lowest BCUT2D eigenvalue weighted by Crippen LogP contribution is -2.60. The number of imide groups is 1. The Hall–Kier alpha value is -2.62. The van der Waals surface area contributed by atoms with E-state index in [1.165, 1.54) is 29.3 Å². The quantitative estimate of drug-likeness (QED) is 0.658. The number of thiazole rings is 1. The molecule has 7 nitrogen and oxygen atoms in total. The number of nitrogens with one attached hydrogen (secondary N) is 1. The van der Waals surface area contributed by atoms with Crippen LogP contribution in [0, 0.1) is 0 Å². The molecule has 4 heterocycles. The highest BCUT2D eigenvalue weighted by molar-refractivity contribution is 8.09. The molecule has 3 aromatic rings. The van der Waals surface area contributed by atoms with Crippen LogP contribution in [0.1, 0.15) is 5.56 Å². The van der Waals surface area contributed by atoms with E-state index in [0.29, 0.717) is 22.0 Å². The third-order valence-electron chi connectivity index (χ3n) is 4.77. The summed E-state index contributed by atoms with van der Waals surface area (Å²) < 4.78 is 6.03. The van der Waals surface area contributed by atoms with Crippen LogP contribution >= 0.6 is 34.7 Å². The normalized spacial score (nSPS) is 21.2. The van der Waals surface area contributed by atoms with Gasteiger partial charge in [0.25, 0.3) is 5.91 Å². The number of carbonyl (C=O) groups is 2. The van der Waals surface area contributed by atoms with E-state index in [9.17, 15) is 9.59 Å². The summed E-state index contributed by atoms with van der Waals surface area (Å²) in [5.41, 5.74) is 3.53. The van der Waals surface area contributed by atoms with Gasteiger partial charge < -0.3 is 10.1 Å². The third-order valence-corrected chi connectivity index (χ3v) is 7.32. The Labute approximate surface area is 178 Å². The summed E-state index contributed by atoms with van der Waals surface area (Å²) in [6, 6.07) is 4.46. The molecule has 1 N–H and O–H groups in total. The second kappa shape index (κ2) is 7.01. The summed E-state index contributed by atoms with van der Waals surface area (Å²) in [4.78, 5) is 36.4. The molecule has 2 aliphatic rings. The van der Waals surface area contributed by atoms with E-state index < -0.39 is 17.3 Å². The van der Waals surface area contributed by atoms with Gasteiger partial charge in [-0.25, -0.2) is 14.7 Å². The van der Waals surface area contributed by atoms with E-state index in [-0.39, 0.29) is 5.91 Å². The van der Waals surface area contributed by atoms with Crippen LogP contribution in [0.2, 0.25) is 5.02 Å². The second-order valence-corrected chi connectivity index (χ2v) is 8.87. The predicted octanol–water partition coefficient (Wildman–Crippen LogP) is 3.93. The monoisotopic (exact) mass is 444 g/mol. The average molecular weight is 445 g/mol. The fraction of sp³-hybridized carbons (Fsp3) is 0.158. The van der Waals surface area contributed by atoms with Crippen LogP contribution in [-0.4, -0.2) is 40.3 Å². The van der Waals surface area contributed by atoms with E-state index in [1.54, 1.807) is 30.9 Å². The second-order valence-electron chi connectivity index (χ2n) is 6.42. The molecule has 2 aliphatic heterocycles. The number of rotatable bonds is 3. The number of carbonyl (C=O) groups excluding carboxylic acids is 2. The Balaban J connectivity index is 1.50. The molecule has 0 bridgehead atoms. The van der Waals surface area contributed by atoms with Crippen LogP contribution in [0.5, 0.6) is 5.75 Å². The summed E-state index contributed by atoms with van der Waals surface area (Å²) in [6.45, 7) is 0. The number of methoxy groups -OCH3 is 1. The molecule has 0 spiro atoms. The van der Waals surface area contributed by atoms with Gasteiger partial charge in [0.15, 0.2) is 0 Å². The minimum absolute atomic E-state index is 0.295. The van der Waals surface area contributed by atoms with Crippen molar-refractivity contribution in [3.63, 3.8) is 0 Å². The molecule has 146 valence electrons. The van der Waals surface area contributed by atoms with Crippen LogP contribution in [0.15, 0.2) is 42.2 Å². The predicted molar refractivity (Wildman–Crippen MR) is 115 cm³/mol. The molecule has 2 unspecified atom stereocenters. The van der Waals surface area contributed by atoms with Gasteiger partial charge in [0.2, 0.25) is 0 Å². The van der Waals surface area contributed by atoms with Gasteiger partial charge in [-0.2, -0.15) is 0 Å². The molecule has 2 atom stereocenters. The van der Waals surface area contributed by atoms with Crippen molar-refractivity contribution in [2.75, 3.05) is 12.0 Å². The van der Waals surface area contributed by atoms with Gasteiger partial charge in [-0.3, -0.25) is 9.78 Å². The molecule has 29 heavy (non-hydrogen) atoms. The van der Waals surface area contributed by atoms with Gasteiger partial charge in [-0.1, -0.05) is 11.6 Å². The fourth-order valence-electron chi connectivity index (χ4n) is 3.39. The standard InChI is InChI=1S/C19H13ClN4O3S2/c1-27-9-2-3-11(20)10(4-9)15-5-12-17(29-15)18(25)24(19(26)23-12)14-7-21-6-13-16(14)28-8-22-13/h2-8,12,17H,1H3,(H,23,26). The number of hydrogen-bond donors (Lipinski definition) is 1. The maximum atomic E-state index is 13.3. The largest absolute Gasteiger partial charge is 0.497 e. The summed E-state index contributed by atoms with van der Waals surface area (Å²) in [5.74, 6) is 0.373. The first-order chi connectivity index (χ1) is 14.1. The molecule has 3 amide bonds. The van der Waals surface area contributed by atoms with Crippen molar-refractivity contribution in [3.8, 4) is 5.75 Å². The van der Waals surface area contributed by atoms with Crippen LogP contribution in [0.4, 0.5) is 10.5 Å². The smallest absolute Gasteiger partial charge is 0.329 e. The number of benzene rings is 1. The van der Waals surface area contributed by atoms with Crippen LogP contribution in [-0.2, 0) is 4.79 Å². The van der Waals surface area contributed by atoms with Gasteiger partial charge in [-0.05, 0) is 24.3 Å². The molecule has 0 aliphatic carbocycles. The topological polar surface area (TPSA) is 84.4 Å². The number of anilines is 1. The Morgan fingerprint density at radius 1 is 1.28 bits per heavy atom. The number of nitrogens with zero attached hydrogens (tertiary/aromatic N) is 3. The Morgan fingerprint density at radius 2 is 2.14 bits per heavy atom. The number of ether oxygens (including phenoxy) is 1. The molecular weight excluding hydrogens is 432 g/mol. The molecule has 1 fully saturated rings. The summed E-state index contributed by atoms with van der Waals surface area (Å²) >= 11 is 9.11. The molecule has 5 rings (SSSR count). The fourth-order valence-corrected chi connectivity index (χ4v) is 5.72. The van der Waals surface area contributed by atoms with Crippen molar-refractivity contribution in [1.82, 2.24) is 15.3 Å². The summed E-state index contributed by atoms with van der Waals surface area (Å²) in [7, 11) is 1.58. The maximum absolute atomic E-state index is 13.3. The van der Waals surface area contributed by atoms with Crippen molar-refractivity contribution >= 4 is 67.4 Å². The van der Waals surface area contributed by atoms with Crippen molar-refractivity contribution in [2.45, 2.75) is 11.3 Å². The first-order valence-electron chi connectivity index (χ1n) is 8.61. The average Bonchev–Trinajstić information content (AvgIpc) is 3.36. The Kier molecular flexibility index (Phi) is 4.45. The van der Waals surface area contributed by atoms with Crippen molar-refractivity contribution in [2.24, 2.45) is 0 Å². The SMILES string of the molecule is COc1ccc(Cl)c(C2=CC3NC(=O)N(c4cncc5ncsc45)C(=O)C3S2)c1. The van der Waals surface area contributed by atoms with Crippen molar-refractivity contribution in [3.05, 3.63) is 52.8 Å². The van der Waals surface area contributed by atoms with Gasteiger partial charge in [-0.15, -0.1) is 23.1 Å². The summed E-state index contributed by atoms with van der Waals surface area (Å²) in [5, 5.41) is 2.97. The van der Waals surface area contributed by atoms with Gasteiger partial charge in [0.05, 0.1) is 41.4 Å². The van der Waals surface area contributed by atoms with Crippen LogP contribution in [0.25, 0.3) is 15.1 Å². The van der Waals surface area contributed by atoms with Crippen molar-refractivity contribution in [1.29, 1.82) is 0 Å². The molecular formula is C19H13ClN4O3S2. The number of amides is 3. The number of thioether (sulfide) groups is 1. The van der Waals surface area contributed by atoms with Gasteiger partial charge in [0, 0.05) is 15.5 Å². The van der Waals surface area contributed by atoms with E-state index in [2.05, 4.69) is 15.3 Å². The minimum Gasteiger partial charge on any atom is -0.497 e. The molecule has 1 aromatic carbocycles. The number of hydrogen-bond acceptors (Lipinski definition) is 7. The van der Waals surface area contributed by atoms with E-state index >= 15 is 0 Å². The highest BCUT2D eigenvalue weighted by Gasteiger charge is 2.46. The zero-order chi connectivity index (χ0) is 20.1. The number of urea groups is 1. The van der Waals surface area contributed by atoms with Gasteiger partial charge >= 0.3 is 6.03 Å². The number of aromatic nitrogens is 2. The molecule has 0 saturated carbocycles. The zero-order valence-electron chi connectivity index (χ0n) is 15.0. The number of pyridine rings is 1.